The molecule has 0 bridgehead atoms. The van der Waals surface area contributed by atoms with Gasteiger partial charge in [0.25, 0.3) is 0 Å². The zero-order chi connectivity index (χ0) is 14.4. The number of amides is 1. The maximum absolute atomic E-state index is 11.7. The van der Waals surface area contributed by atoms with E-state index in [2.05, 4.69) is 5.32 Å². The van der Waals surface area contributed by atoms with Crippen molar-refractivity contribution in [2.24, 2.45) is 0 Å². The zero-order valence-electron chi connectivity index (χ0n) is 11.0. The van der Waals surface area contributed by atoms with Crippen LogP contribution in [0.15, 0.2) is 10.2 Å². The third-order valence-electron chi connectivity index (χ3n) is 2.71. The Balaban J connectivity index is 2.39. The number of carbonyl (C=O) groups is 2. The van der Waals surface area contributed by atoms with E-state index in [1.807, 2.05) is 6.92 Å². The van der Waals surface area contributed by atoms with Crippen molar-refractivity contribution >= 4 is 23.2 Å². The molecule has 0 aliphatic carbocycles. The van der Waals surface area contributed by atoms with E-state index < -0.39 is 5.97 Å². The summed E-state index contributed by atoms with van der Waals surface area (Å²) in [6, 6.07) is -0.0958. The molecule has 0 spiro atoms. The Kier molecular flexibility index (Phi) is 5.75. The SMILES string of the molecule is Cc1csc(=O)n1CC(=O)NC(C)CCCC(=O)O. The van der Waals surface area contributed by atoms with Crippen LogP contribution in [0, 0.1) is 6.92 Å². The highest BCUT2D eigenvalue weighted by atomic mass is 32.1. The lowest BCUT2D eigenvalue weighted by atomic mass is 10.1. The van der Waals surface area contributed by atoms with Crippen molar-refractivity contribution in [1.29, 1.82) is 0 Å². The third-order valence-corrected chi connectivity index (χ3v) is 3.59. The summed E-state index contributed by atoms with van der Waals surface area (Å²) in [4.78, 5) is 33.4. The number of aryl methyl sites for hydroxylation is 1. The first-order chi connectivity index (χ1) is 8.90. The van der Waals surface area contributed by atoms with E-state index in [1.54, 1.807) is 12.3 Å². The summed E-state index contributed by atoms with van der Waals surface area (Å²) in [5.74, 6) is -1.06. The van der Waals surface area contributed by atoms with Crippen LogP contribution >= 0.6 is 11.3 Å². The fourth-order valence-electron chi connectivity index (χ4n) is 1.69. The van der Waals surface area contributed by atoms with Gasteiger partial charge in [0.1, 0.15) is 6.54 Å². The largest absolute Gasteiger partial charge is 0.481 e. The van der Waals surface area contributed by atoms with Crippen molar-refractivity contribution < 1.29 is 14.7 Å². The molecule has 1 heterocycles. The average molecular weight is 286 g/mol. The van der Waals surface area contributed by atoms with Crippen molar-refractivity contribution in [3.8, 4) is 0 Å². The molecule has 1 rings (SSSR count). The minimum Gasteiger partial charge on any atom is -0.481 e. The Bertz CT molecular complexity index is 506. The van der Waals surface area contributed by atoms with Gasteiger partial charge in [0, 0.05) is 23.5 Å². The van der Waals surface area contributed by atoms with Gasteiger partial charge in [-0.05, 0) is 26.7 Å². The number of hydrogen-bond donors (Lipinski definition) is 2. The van der Waals surface area contributed by atoms with Crippen LogP contribution in [-0.4, -0.2) is 27.6 Å². The van der Waals surface area contributed by atoms with Crippen molar-refractivity contribution in [3.05, 3.63) is 20.7 Å². The Morgan fingerprint density at radius 3 is 2.74 bits per heavy atom. The molecule has 0 aliphatic rings. The second-order valence-corrected chi connectivity index (χ2v) is 5.30. The van der Waals surface area contributed by atoms with E-state index in [1.165, 1.54) is 4.57 Å². The summed E-state index contributed by atoms with van der Waals surface area (Å²) >= 11 is 1.07. The van der Waals surface area contributed by atoms with Gasteiger partial charge in [0.05, 0.1) is 0 Å². The Labute approximate surface area is 115 Å². The number of aliphatic carboxylic acids is 1. The number of carboxylic acid groups (broad SMARTS) is 1. The first-order valence-corrected chi connectivity index (χ1v) is 6.94. The van der Waals surface area contributed by atoms with Gasteiger partial charge in [-0.25, -0.2) is 0 Å². The van der Waals surface area contributed by atoms with Gasteiger partial charge in [-0.2, -0.15) is 0 Å². The summed E-state index contributed by atoms with van der Waals surface area (Å²) in [6.07, 6.45) is 1.23. The maximum atomic E-state index is 11.7. The highest BCUT2D eigenvalue weighted by molar-refractivity contribution is 7.07. The maximum Gasteiger partial charge on any atom is 0.307 e. The van der Waals surface area contributed by atoms with Crippen LogP contribution in [0.4, 0.5) is 0 Å². The predicted octanol–water partition coefficient (Wildman–Crippen LogP) is 0.978. The summed E-state index contributed by atoms with van der Waals surface area (Å²) in [7, 11) is 0. The quantitative estimate of drug-likeness (QED) is 0.782. The molecule has 0 aliphatic heterocycles. The lowest BCUT2D eigenvalue weighted by Crippen LogP contribution is -2.36. The third kappa shape index (κ3) is 5.25. The number of thiazole rings is 1. The Morgan fingerprint density at radius 2 is 2.21 bits per heavy atom. The topological polar surface area (TPSA) is 88.4 Å². The minimum absolute atomic E-state index is 0.0113. The fourth-order valence-corrected chi connectivity index (χ4v) is 2.43. The lowest BCUT2D eigenvalue weighted by Gasteiger charge is -2.13. The van der Waals surface area contributed by atoms with Crippen molar-refractivity contribution in [1.82, 2.24) is 9.88 Å². The van der Waals surface area contributed by atoms with Crippen LogP contribution in [0.25, 0.3) is 0 Å². The van der Waals surface area contributed by atoms with Crippen LogP contribution < -0.4 is 10.2 Å². The van der Waals surface area contributed by atoms with Crippen LogP contribution in [0.5, 0.6) is 0 Å². The van der Waals surface area contributed by atoms with Crippen LogP contribution in [0.3, 0.4) is 0 Å². The van der Waals surface area contributed by atoms with Gasteiger partial charge in [-0.1, -0.05) is 11.3 Å². The van der Waals surface area contributed by atoms with Gasteiger partial charge in [0.2, 0.25) is 5.91 Å². The van der Waals surface area contributed by atoms with E-state index >= 15 is 0 Å². The van der Waals surface area contributed by atoms with Crippen LogP contribution in [0.1, 0.15) is 31.9 Å². The molecule has 1 amide bonds. The summed E-state index contributed by atoms with van der Waals surface area (Å²) in [6.45, 7) is 3.61. The normalized spacial score (nSPS) is 12.1. The predicted molar refractivity (Wildman–Crippen MR) is 72.4 cm³/mol. The molecule has 7 heteroatoms. The molecule has 0 aromatic carbocycles. The summed E-state index contributed by atoms with van der Waals surface area (Å²) in [5.41, 5.74) is 0.767. The Hall–Kier alpha value is -1.63. The van der Waals surface area contributed by atoms with E-state index in [9.17, 15) is 14.4 Å². The van der Waals surface area contributed by atoms with Crippen molar-refractivity contribution in [2.75, 3.05) is 0 Å². The molecule has 19 heavy (non-hydrogen) atoms. The molecule has 0 radical (unpaired) electrons. The van der Waals surface area contributed by atoms with Crippen molar-refractivity contribution in [3.63, 3.8) is 0 Å². The van der Waals surface area contributed by atoms with Gasteiger partial charge < -0.3 is 10.4 Å². The van der Waals surface area contributed by atoms with Gasteiger partial charge in [-0.3, -0.25) is 19.0 Å². The minimum atomic E-state index is -0.834. The summed E-state index contributed by atoms with van der Waals surface area (Å²) in [5, 5.41) is 13.0. The molecule has 1 aromatic heterocycles. The highest BCUT2D eigenvalue weighted by Gasteiger charge is 2.11. The van der Waals surface area contributed by atoms with E-state index in [0.717, 1.165) is 17.0 Å². The monoisotopic (exact) mass is 286 g/mol. The van der Waals surface area contributed by atoms with E-state index in [-0.39, 0.29) is 29.8 Å². The number of nitrogens with one attached hydrogen (secondary N) is 1. The van der Waals surface area contributed by atoms with Gasteiger partial charge >= 0.3 is 10.8 Å². The van der Waals surface area contributed by atoms with Gasteiger partial charge in [-0.15, -0.1) is 0 Å². The second kappa shape index (κ2) is 7.08. The molecule has 106 valence electrons. The number of rotatable bonds is 7. The molecule has 6 nitrogen and oxygen atoms in total. The van der Waals surface area contributed by atoms with E-state index in [4.69, 9.17) is 5.11 Å². The first-order valence-electron chi connectivity index (χ1n) is 6.06. The number of aromatic nitrogens is 1. The number of carbonyl (C=O) groups excluding carboxylic acids is 1. The van der Waals surface area contributed by atoms with E-state index in [0.29, 0.717) is 12.8 Å². The molecule has 2 N–H and O–H groups in total. The second-order valence-electron chi connectivity index (χ2n) is 4.48. The molecular weight excluding hydrogens is 268 g/mol. The average Bonchev–Trinajstić information content (AvgIpc) is 2.60. The molecule has 1 atom stereocenters. The number of hydrogen-bond acceptors (Lipinski definition) is 4. The zero-order valence-corrected chi connectivity index (χ0v) is 11.8. The van der Waals surface area contributed by atoms with Crippen LogP contribution in [-0.2, 0) is 16.1 Å². The lowest BCUT2D eigenvalue weighted by molar-refractivity contribution is -0.137. The standard InChI is InChI=1S/C12H18N2O4S/c1-8(4-3-5-11(16)17)13-10(15)6-14-9(2)7-19-12(14)18/h7-8H,3-6H2,1-2H3,(H,13,15)(H,16,17). The molecule has 0 fully saturated rings. The molecule has 0 saturated heterocycles. The Morgan fingerprint density at radius 1 is 1.53 bits per heavy atom. The van der Waals surface area contributed by atoms with Crippen molar-refractivity contribution in [2.45, 2.75) is 45.7 Å². The molecule has 0 saturated carbocycles. The molecule has 1 unspecified atom stereocenters. The number of carboxylic acids is 1. The van der Waals surface area contributed by atoms with Gasteiger partial charge in [0.15, 0.2) is 0 Å². The summed E-state index contributed by atoms with van der Waals surface area (Å²) < 4.78 is 1.42. The highest BCUT2D eigenvalue weighted by Crippen LogP contribution is 2.02. The first kappa shape index (κ1) is 15.4. The molecule has 1 aromatic rings. The van der Waals surface area contributed by atoms with Crippen LogP contribution in [0.2, 0.25) is 0 Å². The number of nitrogens with zero attached hydrogens (tertiary/aromatic N) is 1. The smallest absolute Gasteiger partial charge is 0.307 e. The fraction of sp³-hybridized carbons (Fsp3) is 0.583. The molecular formula is C12H18N2O4S.